The zero-order valence-corrected chi connectivity index (χ0v) is 11.4. The van der Waals surface area contributed by atoms with Crippen LogP contribution in [0.2, 0.25) is 0 Å². The van der Waals surface area contributed by atoms with Crippen molar-refractivity contribution in [2.75, 3.05) is 13.1 Å². The lowest BCUT2D eigenvalue weighted by molar-refractivity contribution is -0.120. The minimum atomic E-state index is 0.0996. The molecule has 0 unspecified atom stereocenters. The maximum atomic E-state index is 11.4. The van der Waals surface area contributed by atoms with Crippen molar-refractivity contribution < 1.29 is 4.79 Å². The Bertz CT molecular complexity index is 363. The number of carbonyl (C=O) groups excluding carboxylic acids is 1. The second-order valence-corrected chi connectivity index (χ2v) is 6.60. The summed E-state index contributed by atoms with van der Waals surface area (Å²) in [5.74, 6) is 0.847. The van der Waals surface area contributed by atoms with Crippen LogP contribution in [0.1, 0.15) is 17.7 Å². The van der Waals surface area contributed by atoms with Crippen LogP contribution in [0.5, 0.6) is 0 Å². The third kappa shape index (κ3) is 4.23. The van der Waals surface area contributed by atoms with Gasteiger partial charge in [-0.15, -0.1) is 11.3 Å². The Hall–Kier alpha value is -0.390. The van der Waals surface area contributed by atoms with Crippen molar-refractivity contribution in [3.63, 3.8) is 0 Å². The van der Waals surface area contributed by atoms with Crippen molar-refractivity contribution in [2.45, 2.75) is 19.4 Å². The van der Waals surface area contributed by atoms with Gasteiger partial charge in [-0.25, -0.2) is 0 Å². The van der Waals surface area contributed by atoms with Gasteiger partial charge in [0.2, 0.25) is 5.91 Å². The summed E-state index contributed by atoms with van der Waals surface area (Å²) in [4.78, 5) is 12.6. The molecule has 0 aromatic carbocycles. The fourth-order valence-corrected chi connectivity index (χ4v) is 2.84. The van der Waals surface area contributed by atoms with E-state index in [0.29, 0.717) is 6.54 Å². The minimum Gasteiger partial charge on any atom is -0.355 e. The Morgan fingerprint density at radius 1 is 1.50 bits per heavy atom. The molecule has 0 atom stereocenters. The molecule has 1 heterocycles. The highest BCUT2D eigenvalue weighted by atomic mass is 79.9. The van der Waals surface area contributed by atoms with Crippen LogP contribution in [0.25, 0.3) is 0 Å². The fourth-order valence-electron chi connectivity index (χ4n) is 1.39. The highest BCUT2D eigenvalue weighted by Gasteiger charge is 2.21. The first-order valence-electron chi connectivity index (χ1n) is 5.45. The molecule has 0 radical (unpaired) electrons. The molecule has 3 nitrogen and oxygen atoms in total. The summed E-state index contributed by atoms with van der Waals surface area (Å²) in [5, 5.41) is 6.07. The van der Waals surface area contributed by atoms with Crippen LogP contribution in [-0.2, 0) is 11.3 Å². The van der Waals surface area contributed by atoms with E-state index in [-0.39, 0.29) is 5.91 Å². The molecular formula is C11H15BrN2OS. The lowest BCUT2D eigenvalue weighted by atomic mass is 10.4. The monoisotopic (exact) mass is 302 g/mol. The molecule has 0 bridgehead atoms. The van der Waals surface area contributed by atoms with Crippen LogP contribution in [-0.4, -0.2) is 19.0 Å². The first-order chi connectivity index (χ1) is 7.74. The van der Waals surface area contributed by atoms with E-state index in [9.17, 15) is 4.79 Å². The summed E-state index contributed by atoms with van der Waals surface area (Å²) in [7, 11) is 0. The van der Waals surface area contributed by atoms with Gasteiger partial charge in [-0.1, -0.05) is 0 Å². The van der Waals surface area contributed by atoms with Crippen LogP contribution < -0.4 is 10.6 Å². The number of rotatable bonds is 6. The average Bonchev–Trinajstić information content (AvgIpc) is 2.99. The number of thiophene rings is 1. The predicted octanol–water partition coefficient (Wildman–Crippen LogP) is 2.13. The van der Waals surface area contributed by atoms with Crippen molar-refractivity contribution in [3.8, 4) is 0 Å². The molecule has 1 fully saturated rings. The van der Waals surface area contributed by atoms with Gasteiger partial charge in [0.15, 0.2) is 0 Å². The van der Waals surface area contributed by atoms with E-state index in [4.69, 9.17) is 0 Å². The zero-order chi connectivity index (χ0) is 11.4. The van der Waals surface area contributed by atoms with E-state index < -0.39 is 0 Å². The number of halogens is 1. The van der Waals surface area contributed by atoms with Crippen LogP contribution in [0.15, 0.2) is 15.9 Å². The molecule has 1 aromatic rings. The minimum absolute atomic E-state index is 0.0996. The Kier molecular flexibility index (Phi) is 4.37. The zero-order valence-electron chi connectivity index (χ0n) is 8.96. The summed E-state index contributed by atoms with van der Waals surface area (Å²) >= 11 is 5.10. The van der Waals surface area contributed by atoms with E-state index in [1.54, 1.807) is 11.3 Å². The van der Waals surface area contributed by atoms with Crippen molar-refractivity contribution in [2.24, 2.45) is 5.92 Å². The molecule has 0 aliphatic heterocycles. The Labute approximate surface area is 108 Å². The van der Waals surface area contributed by atoms with Gasteiger partial charge in [-0.2, -0.15) is 0 Å². The van der Waals surface area contributed by atoms with Gasteiger partial charge in [0.05, 0.1) is 10.3 Å². The Balaban J connectivity index is 1.57. The van der Waals surface area contributed by atoms with Crippen molar-refractivity contribution in [1.82, 2.24) is 10.6 Å². The molecule has 2 N–H and O–H groups in total. The maximum Gasteiger partial charge on any atom is 0.233 e. The molecule has 1 saturated carbocycles. The lowest BCUT2D eigenvalue weighted by Gasteiger charge is -2.04. The Morgan fingerprint density at radius 2 is 2.31 bits per heavy atom. The highest BCUT2D eigenvalue weighted by molar-refractivity contribution is 9.11. The molecule has 1 aromatic heterocycles. The van der Waals surface area contributed by atoms with Gasteiger partial charge in [0, 0.05) is 18.0 Å². The van der Waals surface area contributed by atoms with Crippen LogP contribution >= 0.6 is 27.3 Å². The van der Waals surface area contributed by atoms with Crippen molar-refractivity contribution in [1.29, 1.82) is 0 Å². The third-order valence-corrected chi connectivity index (χ3v) is 4.12. The van der Waals surface area contributed by atoms with Gasteiger partial charge >= 0.3 is 0 Å². The molecule has 88 valence electrons. The largest absolute Gasteiger partial charge is 0.355 e. The second-order valence-electron chi connectivity index (χ2n) is 4.06. The Morgan fingerprint density at radius 3 is 2.94 bits per heavy atom. The van der Waals surface area contributed by atoms with Crippen molar-refractivity contribution >= 4 is 33.2 Å². The quantitative estimate of drug-likeness (QED) is 0.845. The number of hydrogen-bond acceptors (Lipinski definition) is 3. The van der Waals surface area contributed by atoms with Gasteiger partial charge < -0.3 is 10.6 Å². The molecule has 2 rings (SSSR count). The topological polar surface area (TPSA) is 41.1 Å². The maximum absolute atomic E-state index is 11.4. The standard InChI is InChI=1S/C11H15BrN2OS/c12-10-4-3-9(16-10)6-13-7-11(15)14-5-8-1-2-8/h3-4,8,13H,1-2,5-7H2,(H,14,15). The van der Waals surface area contributed by atoms with Gasteiger partial charge in [-0.05, 0) is 46.8 Å². The SMILES string of the molecule is O=C(CNCc1ccc(Br)s1)NCC1CC1. The smallest absolute Gasteiger partial charge is 0.233 e. The van der Waals surface area contributed by atoms with E-state index in [2.05, 4.69) is 32.6 Å². The van der Waals surface area contributed by atoms with E-state index in [0.717, 1.165) is 22.8 Å². The number of hydrogen-bond donors (Lipinski definition) is 2. The lowest BCUT2D eigenvalue weighted by Crippen LogP contribution is -2.34. The molecule has 0 saturated heterocycles. The van der Waals surface area contributed by atoms with E-state index in [1.807, 2.05) is 6.07 Å². The summed E-state index contributed by atoms with van der Waals surface area (Å²) in [6.45, 7) is 2.01. The summed E-state index contributed by atoms with van der Waals surface area (Å²) in [5.41, 5.74) is 0. The molecule has 1 amide bonds. The molecule has 0 spiro atoms. The molecular weight excluding hydrogens is 288 g/mol. The van der Waals surface area contributed by atoms with Gasteiger partial charge in [-0.3, -0.25) is 4.79 Å². The fraction of sp³-hybridized carbons (Fsp3) is 0.545. The van der Waals surface area contributed by atoms with Crippen LogP contribution in [0.4, 0.5) is 0 Å². The summed E-state index contributed by atoms with van der Waals surface area (Å²) in [6, 6.07) is 4.08. The summed E-state index contributed by atoms with van der Waals surface area (Å²) < 4.78 is 1.13. The van der Waals surface area contributed by atoms with E-state index in [1.165, 1.54) is 17.7 Å². The number of nitrogens with one attached hydrogen (secondary N) is 2. The number of carbonyl (C=O) groups is 1. The van der Waals surface area contributed by atoms with Crippen LogP contribution in [0.3, 0.4) is 0 Å². The first-order valence-corrected chi connectivity index (χ1v) is 7.06. The molecule has 1 aliphatic carbocycles. The summed E-state index contributed by atoms with van der Waals surface area (Å²) in [6.07, 6.45) is 2.55. The first kappa shape index (κ1) is 12.1. The molecule has 16 heavy (non-hydrogen) atoms. The normalized spacial score (nSPS) is 15.1. The van der Waals surface area contributed by atoms with Crippen LogP contribution in [0, 0.1) is 5.92 Å². The van der Waals surface area contributed by atoms with Gasteiger partial charge in [0.25, 0.3) is 0 Å². The highest BCUT2D eigenvalue weighted by Crippen LogP contribution is 2.27. The van der Waals surface area contributed by atoms with Crippen molar-refractivity contribution in [3.05, 3.63) is 20.8 Å². The average molecular weight is 303 g/mol. The number of amides is 1. The van der Waals surface area contributed by atoms with Gasteiger partial charge in [0.1, 0.15) is 0 Å². The molecule has 5 heteroatoms. The predicted molar refractivity (Wildman–Crippen MR) is 69.5 cm³/mol. The third-order valence-electron chi connectivity index (χ3n) is 2.50. The second kappa shape index (κ2) is 5.80. The molecule has 1 aliphatic rings. The van der Waals surface area contributed by atoms with E-state index >= 15 is 0 Å².